The number of anilines is 1. The second-order valence-electron chi connectivity index (χ2n) is 6.80. The maximum absolute atomic E-state index is 13.3. The molecular weight excluding hydrogens is 354 g/mol. The maximum atomic E-state index is 13.3. The third kappa shape index (κ3) is 3.76. The molecule has 4 rings (SSSR count). The Labute approximate surface area is 155 Å². The number of carbonyl (C=O) groups excluding carboxylic acids is 1. The van der Waals surface area contributed by atoms with Gasteiger partial charge in [0, 0.05) is 50.6 Å². The van der Waals surface area contributed by atoms with Crippen molar-refractivity contribution in [3.63, 3.8) is 0 Å². The minimum atomic E-state index is -0.726. The van der Waals surface area contributed by atoms with Crippen LogP contribution in [0.15, 0.2) is 40.1 Å². The van der Waals surface area contributed by atoms with Crippen LogP contribution in [0.5, 0.6) is 0 Å². The van der Waals surface area contributed by atoms with Gasteiger partial charge in [0.15, 0.2) is 0 Å². The highest BCUT2D eigenvalue weighted by Crippen LogP contribution is 2.19. The van der Waals surface area contributed by atoms with Crippen molar-refractivity contribution in [2.75, 3.05) is 38.0 Å². The Bertz CT molecular complexity index is 824. The molecular formula is C18H20F2N6O. The van der Waals surface area contributed by atoms with Gasteiger partial charge in [0.05, 0.1) is 12.4 Å². The summed E-state index contributed by atoms with van der Waals surface area (Å²) in [6.07, 6.45) is 3.77. The fourth-order valence-corrected chi connectivity index (χ4v) is 3.37. The molecule has 142 valence electrons. The van der Waals surface area contributed by atoms with Gasteiger partial charge >= 0.3 is 6.03 Å². The Morgan fingerprint density at radius 3 is 2.56 bits per heavy atom. The molecule has 0 spiro atoms. The van der Waals surface area contributed by atoms with Gasteiger partial charge < -0.3 is 20.0 Å². The van der Waals surface area contributed by atoms with Crippen molar-refractivity contribution >= 4 is 23.9 Å². The average Bonchev–Trinajstić information content (AvgIpc) is 3.00. The standard InChI is InChI=1S/C18H20F2N6O/c1-12-10-26-11-21-16(9-17(26)22-12)24-2-4-25(5-3-24)18(27)23-15-7-13(19)6-14(20)8-15/h6-9,11-12H,2-5,10H2,1H3,(H,23,27). The number of urea groups is 1. The van der Waals surface area contributed by atoms with E-state index in [9.17, 15) is 13.6 Å². The maximum Gasteiger partial charge on any atom is 0.321 e. The lowest BCUT2D eigenvalue weighted by atomic mass is 10.3. The van der Waals surface area contributed by atoms with Crippen molar-refractivity contribution in [1.29, 1.82) is 0 Å². The number of fused-ring (bicyclic) bond motifs is 1. The lowest BCUT2D eigenvalue weighted by Crippen LogP contribution is -2.49. The number of hydrogen-bond acceptors (Lipinski definition) is 5. The van der Waals surface area contributed by atoms with Crippen LogP contribution in [0.3, 0.4) is 0 Å². The topological polar surface area (TPSA) is 63.5 Å². The summed E-state index contributed by atoms with van der Waals surface area (Å²) in [6, 6.07) is 2.83. The smallest absolute Gasteiger partial charge is 0.321 e. The highest BCUT2D eigenvalue weighted by Gasteiger charge is 2.27. The molecule has 27 heavy (non-hydrogen) atoms. The first-order valence-electron chi connectivity index (χ1n) is 8.85. The minimum Gasteiger partial charge on any atom is -0.353 e. The highest BCUT2D eigenvalue weighted by atomic mass is 19.1. The predicted molar refractivity (Wildman–Crippen MR) is 98.7 cm³/mol. The van der Waals surface area contributed by atoms with Gasteiger partial charge in [-0.2, -0.15) is 0 Å². The largest absolute Gasteiger partial charge is 0.353 e. The van der Waals surface area contributed by atoms with Crippen molar-refractivity contribution < 1.29 is 13.6 Å². The number of piperazine rings is 1. The van der Waals surface area contributed by atoms with E-state index in [1.807, 2.05) is 11.0 Å². The first-order chi connectivity index (χ1) is 13.0. The normalized spacial score (nSPS) is 21.7. The summed E-state index contributed by atoms with van der Waals surface area (Å²) in [5.41, 5.74) is 0.105. The molecule has 1 fully saturated rings. The first-order valence-corrected chi connectivity index (χ1v) is 8.85. The van der Waals surface area contributed by atoms with Gasteiger partial charge in [-0.05, 0) is 19.1 Å². The van der Waals surface area contributed by atoms with E-state index in [0.29, 0.717) is 26.2 Å². The van der Waals surface area contributed by atoms with Gasteiger partial charge in [0.1, 0.15) is 23.3 Å². The number of halogens is 2. The zero-order chi connectivity index (χ0) is 19.0. The second-order valence-corrected chi connectivity index (χ2v) is 6.80. The third-order valence-electron chi connectivity index (χ3n) is 4.70. The summed E-state index contributed by atoms with van der Waals surface area (Å²) in [5.74, 6) is 0.304. The summed E-state index contributed by atoms with van der Waals surface area (Å²) in [4.78, 5) is 27.1. The number of benzene rings is 1. The van der Waals surface area contributed by atoms with Crippen molar-refractivity contribution in [2.24, 2.45) is 9.98 Å². The van der Waals surface area contributed by atoms with Crippen LogP contribution in [0, 0.1) is 11.6 Å². The SMILES string of the molecule is CC1CN2C=NC(N3CCN(C(=O)Nc4cc(F)cc(F)c4)CC3)=CC2=N1. The molecule has 0 saturated carbocycles. The Kier molecular flexibility index (Phi) is 4.51. The fraction of sp³-hybridized carbons (Fsp3) is 0.389. The van der Waals surface area contributed by atoms with Gasteiger partial charge in [-0.15, -0.1) is 0 Å². The van der Waals surface area contributed by atoms with Gasteiger partial charge in [-0.1, -0.05) is 0 Å². The van der Waals surface area contributed by atoms with Crippen LogP contribution in [0.25, 0.3) is 0 Å². The number of amides is 2. The summed E-state index contributed by atoms with van der Waals surface area (Å²) < 4.78 is 26.5. The summed E-state index contributed by atoms with van der Waals surface area (Å²) in [7, 11) is 0. The average molecular weight is 374 g/mol. The number of carbonyl (C=O) groups is 1. The molecule has 1 aromatic rings. The molecule has 7 nitrogen and oxygen atoms in total. The van der Waals surface area contributed by atoms with Crippen LogP contribution >= 0.6 is 0 Å². The first kappa shape index (κ1) is 17.4. The van der Waals surface area contributed by atoms with Crippen molar-refractivity contribution in [3.8, 4) is 0 Å². The Hall–Kier alpha value is -2.97. The molecule has 3 heterocycles. The fourth-order valence-electron chi connectivity index (χ4n) is 3.37. The van der Waals surface area contributed by atoms with Gasteiger partial charge in [-0.3, -0.25) is 4.99 Å². The van der Waals surface area contributed by atoms with E-state index in [-0.39, 0.29) is 17.8 Å². The summed E-state index contributed by atoms with van der Waals surface area (Å²) >= 11 is 0. The van der Waals surface area contributed by atoms with E-state index in [4.69, 9.17) is 0 Å². The number of aliphatic imine (C=N–C) groups is 2. The van der Waals surface area contributed by atoms with Crippen LogP contribution in [0.1, 0.15) is 6.92 Å². The highest BCUT2D eigenvalue weighted by molar-refractivity contribution is 6.03. The Morgan fingerprint density at radius 1 is 1.15 bits per heavy atom. The molecule has 2 amide bonds. The molecule has 1 aromatic carbocycles. The molecule has 0 radical (unpaired) electrons. The van der Waals surface area contributed by atoms with E-state index < -0.39 is 11.6 Å². The molecule has 0 aromatic heterocycles. The lowest BCUT2D eigenvalue weighted by Gasteiger charge is -2.36. The van der Waals surface area contributed by atoms with Crippen LogP contribution in [0.4, 0.5) is 19.3 Å². The number of hydrogen-bond donors (Lipinski definition) is 1. The van der Waals surface area contributed by atoms with Crippen LogP contribution < -0.4 is 5.32 Å². The van der Waals surface area contributed by atoms with Crippen molar-refractivity contribution in [3.05, 3.63) is 41.7 Å². The van der Waals surface area contributed by atoms with E-state index in [2.05, 4.69) is 27.1 Å². The zero-order valence-electron chi connectivity index (χ0n) is 14.9. The zero-order valence-corrected chi connectivity index (χ0v) is 14.9. The van der Waals surface area contributed by atoms with Crippen LogP contribution in [-0.4, -0.2) is 71.7 Å². The number of rotatable bonds is 2. The van der Waals surface area contributed by atoms with E-state index in [1.54, 1.807) is 11.2 Å². The molecule has 1 atom stereocenters. The molecule has 3 aliphatic heterocycles. The lowest BCUT2D eigenvalue weighted by molar-refractivity contribution is 0.167. The molecule has 1 N–H and O–H groups in total. The number of nitrogens with zero attached hydrogens (tertiary/aromatic N) is 5. The van der Waals surface area contributed by atoms with Gasteiger partial charge in [0.25, 0.3) is 0 Å². The second kappa shape index (κ2) is 6.98. The Balaban J connectivity index is 1.35. The molecule has 9 heteroatoms. The summed E-state index contributed by atoms with van der Waals surface area (Å²) in [5, 5.41) is 2.54. The monoisotopic (exact) mass is 374 g/mol. The quantitative estimate of drug-likeness (QED) is 0.862. The predicted octanol–water partition coefficient (Wildman–Crippen LogP) is 2.10. The van der Waals surface area contributed by atoms with E-state index in [0.717, 1.165) is 36.4 Å². The molecule has 1 unspecified atom stereocenters. The van der Waals surface area contributed by atoms with Crippen molar-refractivity contribution in [2.45, 2.75) is 13.0 Å². The third-order valence-corrected chi connectivity index (χ3v) is 4.70. The Morgan fingerprint density at radius 2 is 1.85 bits per heavy atom. The minimum absolute atomic E-state index is 0.105. The molecule has 3 aliphatic rings. The van der Waals surface area contributed by atoms with Crippen LogP contribution in [-0.2, 0) is 0 Å². The number of amidine groups is 1. The van der Waals surface area contributed by atoms with Gasteiger partial charge in [-0.25, -0.2) is 18.6 Å². The van der Waals surface area contributed by atoms with Crippen molar-refractivity contribution in [1.82, 2.24) is 14.7 Å². The molecule has 0 bridgehead atoms. The summed E-state index contributed by atoms with van der Waals surface area (Å²) in [6.45, 7) is 5.13. The molecule has 1 saturated heterocycles. The van der Waals surface area contributed by atoms with E-state index >= 15 is 0 Å². The van der Waals surface area contributed by atoms with E-state index in [1.165, 1.54) is 0 Å². The number of nitrogens with one attached hydrogen (secondary N) is 1. The molecule has 0 aliphatic carbocycles. The van der Waals surface area contributed by atoms with Gasteiger partial charge in [0.2, 0.25) is 0 Å². The van der Waals surface area contributed by atoms with Crippen LogP contribution in [0.2, 0.25) is 0 Å².